The van der Waals surface area contributed by atoms with Gasteiger partial charge in [0, 0.05) is 29.4 Å². The zero-order valence-corrected chi connectivity index (χ0v) is 17.9. The zero-order chi connectivity index (χ0) is 22.0. The van der Waals surface area contributed by atoms with Crippen LogP contribution in [0.2, 0.25) is 5.02 Å². The first kappa shape index (κ1) is 21.1. The van der Waals surface area contributed by atoms with Crippen molar-refractivity contribution in [2.75, 3.05) is 0 Å². The Balaban J connectivity index is 1.79. The Morgan fingerprint density at radius 1 is 1.13 bits per heavy atom. The van der Waals surface area contributed by atoms with Crippen molar-refractivity contribution in [3.8, 4) is 17.1 Å². The number of non-ortho nitro benzene ring substituents is 1. The highest BCUT2D eigenvalue weighted by atomic mass is 35.5. The monoisotopic (exact) mass is 438 g/mol. The van der Waals surface area contributed by atoms with Gasteiger partial charge in [-0.3, -0.25) is 19.5 Å². The first-order chi connectivity index (χ1) is 15.0. The molecule has 0 unspecified atom stereocenters. The Kier molecular flexibility index (Phi) is 6.04. The summed E-state index contributed by atoms with van der Waals surface area (Å²) in [6, 6.07) is 13.6. The van der Waals surface area contributed by atoms with Gasteiger partial charge < -0.3 is 5.32 Å². The number of nitrogens with one attached hydrogen (secondary N) is 1. The Morgan fingerprint density at radius 2 is 1.81 bits per heavy atom. The van der Waals surface area contributed by atoms with E-state index in [9.17, 15) is 14.9 Å². The van der Waals surface area contributed by atoms with Crippen molar-refractivity contribution >= 4 is 23.2 Å². The summed E-state index contributed by atoms with van der Waals surface area (Å²) < 4.78 is 1.82. The third-order valence-electron chi connectivity index (χ3n) is 5.70. The number of benzene rings is 2. The van der Waals surface area contributed by atoms with Crippen LogP contribution in [0, 0.1) is 17.0 Å². The molecule has 1 amide bonds. The quantitative estimate of drug-likeness (QED) is 0.422. The number of carbonyl (C=O) groups is 1. The van der Waals surface area contributed by atoms with E-state index in [2.05, 4.69) is 10.3 Å². The van der Waals surface area contributed by atoms with Crippen LogP contribution in [0.3, 0.4) is 0 Å². The molecule has 0 atom stereocenters. The van der Waals surface area contributed by atoms with Gasteiger partial charge in [-0.2, -0.15) is 0 Å². The van der Waals surface area contributed by atoms with Gasteiger partial charge in [0.1, 0.15) is 11.5 Å². The maximum Gasteiger partial charge on any atom is 0.272 e. The van der Waals surface area contributed by atoms with Crippen molar-refractivity contribution in [3.05, 3.63) is 75.1 Å². The molecule has 3 aromatic rings. The molecule has 1 aromatic heterocycles. The fourth-order valence-electron chi connectivity index (χ4n) is 4.08. The minimum Gasteiger partial charge on any atom is -0.348 e. The molecule has 1 aliphatic rings. The molecule has 8 heteroatoms. The van der Waals surface area contributed by atoms with E-state index < -0.39 is 4.92 Å². The number of rotatable bonds is 5. The summed E-state index contributed by atoms with van der Waals surface area (Å²) in [6.07, 6.45) is 5.39. The third-order valence-corrected chi connectivity index (χ3v) is 6.03. The molecule has 0 bridgehead atoms. The molecule has 1 saturated carbocycles. The first-order valence-electron chi connectivity index (χ1n) is 10.4. The standard InChI is InChI=1S/C23H23ClN4O3/c1-15-21(23(29)25-16-7-3-2-4-8-16)26-22(19-9-5-6-10-20(19)24)27(15)17-11-13-18(14-12-17)28(30)31/h5-6,9-14,16H,2-4,7-8H2,1H3,(H,25,29). The van der Waals surface area contributed by atoms with E-state index in [1.807, 2.05) is 29.7 Å². The van der Waals surface area contributed by atoms with E-state index in [1.54, 1.807) is 18.2 Å². The summed E-state index contributed by atoms with van der Waals surface area (Å²) in [5.74, 6) is 0.309. The number of nitrogens with zero attached hydrogens (tertiary/aromatic N) is 3. The van der Waals surface area contributed by atoms with E-state index in [4.69, 9.17) is 11.6 Å². The number of aromatic nitrogens is 2. The lowest BCUT2D eigenvalue weighted by Crippen LogP contribution is -2.36. The van der Waals surface area contributed by atoms with Crippen LogP contribution in [0.25, 0.3) is 17.1 Å². The van der Waals surface area contributed by atoms with E-state index >= 15 is 0 Å². The van der Waals surface area contributed by atoms with Gasteiger partial charge in [0.05, 0.1) is 15.6 Å². The highest BCUT2D eigenvalue weighted by molar-refractivity contribution is 6.33. The molecule has 0 spiro atoms. The van der Waals surface area contributed by atoms with E-state index in [1.165, 1.54) is 18.6 Å². The van der Waals surface area contributed by atoms with Crippen LogP contribution in [0.4, 0.5) is 5.69 Å². The second kappa shape index (κ2) is 8.89. The lowest BCUT2D eigenvalue weighted by atomic mass is 9.95. The number of nitro groups is 1. The topological polar surface area (TPSA) is 90.1 Å². The summed E-state index contributed by atoms with van der Waals surface area (Å²) >= 11 is 6.44. The number of carbonyl (C=O) groups excluding carboxylic acids is 1. The average molecular weight is 439 g/mol. The predicted molar refractivity (Wildman–Crippen MR) is 120 cm³/mol. The lowest BCUT2D eigenvalue weighted by Gasteiger charge is -2.22. The molecule has 0 aliphatic heterocycles. The second-order valence-electron chi connectivity index (χ2n) is 7.77. The zero-order valence-electron chi connectivity index (χ0n) is 17.2. The van der Waals surface area contributed by atoms with Gasteiger partial charge in [0.15, 0.2) is 0 Å². The van der Waals surface area contributed by atoms with Crippen LogP contribution >= 0.6 is 11.6 Å². The highest BCUT2D eigenvalue weighted by Crippen LogP contribution is 2.32. The van der Waals surface area contributed by atoms with Gasteiger partial charge in [-0.25, -0.2) is 4.98 Å². The second-order valence-corrected chi connectivity index (χ2v) is 8.17. The molecule has 160 valence electrons. The van der Waals surface area contributed by atoms with Crippen molar-refractivity contribution in [1.29, 1.82) is 0 Å². The fourth-order valence-corrected chi connectivity index (χ4v) is 4.30. The van der Waals surface area contributed by atoms with Crippen LogP contribution < -0.4 is 5.32 Å². The minimum absolute atomic E-state index is 0.00363. The summed E-state index contributed by atoms with van der Waals surface area (Å²) in [5, 5.41) is 14.7. The van der Waals surface area contributed by atoms with Crippen molar-refractivity contribution in [3.63, 3.8) is 0 Å². The molecule has 1 heterocycles. The molecule has 1 fully saturated rings. The number of imidazole rings is 1. The SMILES string of the molecule is Cc1c(C(=O)NC2CCCCC2)nc(-c2ccccc2Cl)n1-c1ccc([N+](=O)[O-])cc1. The van der Waals surface area contributed by atoms with Gasteiger partial charge in [-0.15, -0.1) is 0 Å². The van der Waals surface area contributed by atoms with Crippen LogP contribution in [-0.4, -0.2) is 26.4 Å². The summed E-state index contributed by atoms with van der Waals surface area (Å²) in [5.41, 5.74) is 2.33. The van der Waals surface area contributed by atoms with Gasteiger partial charge in [-0.05, 0) is 44.0 Å². The van der Waals surface area contributed by atoms with Crippen molar-refractivity contribution in [2.45, 2.75) is 45.1 Å². The minimum atomic E-state index is -0.442. The molecule has 1 N–H and O–H groups in total. The molecule has 7 nitrogen and oxygen atoms in total. The number of nitro benzene ring substituents is 1. The van der Waals surface area contributed by atoms with E-state index in [0.717, 1.165) is 25.7 Å². The fraction of sp³-hybridized carbons (Fsp3) is 0.304. The number of hydrogen-bond acceptors (Lipinski definition) is 4. The van der Waals surface area contributed by atoms with Gasteiger partial charge in [-0.1, -0.05) is 43.0 Å². The molecular weight excluding hydrogens is 416 g/mol. The predicted octanol–water partition coefficient (Wildman–Crippen LogP) is 5.47. The van der Waals surface area contributed by atoms with E-state index in [0.29, 0.717) is 33.5 Å². The number of hydrogen-bond donors (Lipinski definition) is 1. The molecule has 0 radical (unpaired) electrons. The Morgan fingerprint density at radius 3 is 2.45 bits per heavy atom. The summed E-state index contributed by atoms with van der Waals surface area (Å²) in [7, 11) is 0. The maximum atomic E-state index is 13.1. The molecular formula is C23H23ClN4O3. The van der Waals surface area contributed by atoms with Gasteiger partial charge >= 0.3 is 0 Å². The number of halogens is 1. The molecule has 4 rings (SSSR count). The van der Waals surface area contributed by atoms with Crippen molar-refractivity contribution < 1.29 is 9.72 Å². The number of amides is 1. The Bertz CT molecular complexity index is 1120. The maximum absolute atomic E-state index is 13.1. The third kappa shape index (κ3) is 4.32. The average Bonchev–Trinajstić information content (AvgIpc) is 3.12. The van der Waals surface area contributed by atoms with Crippen LogP contribution in [0.1, 0.15) is 48.3 Å². The summed E-state index contributed by atoms with van der Waals surface area (Å²) in [4.78, 5) is 28.4. The summed E-state index contributed by atoms with van der Waals surface area (Å²) in [6.45, 7) is 1.82. The Hall–Kier alpha value is -3.19. The molecule has 1 aliphatic carbocycles. The normalized spacial score (nSPS) is 14.4. The van der Waals surface area contributed by atoms with Gasteiger partial charge in [0.25, 0.3) is 11.6 Å². The van der Waals surface area contributed by atoms with Crippen molar-refractivity contribution in [2.24, 2.45) is 0 Å². The largest absolute Gasteiger partial charge is 0.348 e. The first-order valence-corrected chi connectivity index (χ1v) is 10.7. The molecule has 31 heavy (non-hydrogen) atoms. The van der Waals surface area contributed by atoms with Crippen LogP contribution in [0.5, 0.6) is 0 Å². The van der Waals surface area contributed by atoms with Crippen molar-refractivity contribution in [1.82, 2.24) is 14.9 Å². The molecule has 0 saturated heterocycles. The van der Waals surface area contributed by atoms with Crippen LogP contribution in [-0.2, 0) is 0 Å². The lowest BCUT2D eigenvalue weighted by molar-refractivity contribution is -0.384. The van der Waals surface area contributed by atoms with Gasteiger partial charge in [0.2, 0.25) is 0 Å². The highest BCUT2D eigenvalue weighted by Gasteiger charge is 2.25. The van der Waals surface area contributed by atoms with Crippen LogP contribution in [0.15, 0.2) is 48.5 Å². The smallest absolute Gasteiger partial charge is 0.272 e. The molecule has 2 aromatic carbocycles. The van der Waals surface area contributed by atoms with E-state index in [-0.39, 0.29) is 17.6 Å². The Labute approximate surface area is 185 Å².